The molecule has 2 aromatic carbocycles. The van der Waals surface area contributed by atoms with E-state index in [4.69, 9.17) is 4.74 Å². The number of ether oxygens (including phenoxy) is 1. The van der Waals surface area contributed by atoms with Gasteiger partial charge in [0.05, 0.1) is 16.9 Å². The summed E-state index contributed by atoms with van der Waals surface area (Å²) >= 11 is 0. The minimum absolute atomic E-state index is 0.0530. The van der Waals surface area contributed by atoms with Gasteiger partial charge < -0.3 is 10.1 Å². The molecule has 0 fully saturated rings. The number of amides is 1. The summed E-state index contributed by atoms with van der Waals surface area (Å²) in [5.41, 5.74) is -0.116. The monoisotopic (exact) mass is 374 g/mol. The molecule has 0 saturated carbocycles. The predicted molar refractivity (Wildman–Crippen MR) is 91.7 cm³/mol. The fraction of sp³-hybridized carbons (Fsp3) is 0.167. The Balaban J connectivity index is 1.74. The molecule has 0 heterocycles. The van der Waals surface area contributed by atoms with Crippen molar-refractivity contribution in [3.8, 4) is 0 Å². The second kappa shape index (κ2) is 9.18. The lowest BCUT2D eigenvalue weighted by molar-refractivity contribution is -0.384. The third-order valence-corrected chi connectivity index (χ3v) is 3.49. The first-order chi connectivity index (χ1) is 12.9. The van der Waals surface area contributed by atoms with Crippen molar-refractivity contribution < 1.29 is 28.4 Å². The van der Waals surface area contributed by atoms with E-state index in [9.17, 15) is 28.9 Å². The van der Waals surface area contributed by atoms with Gasteiger partial charge in [-0.05, 0) is 24.3 Å². The zero-order valence-corrected chi connectivity index (χ0v) is 14.0. The summed E-state index contributed by atoms with van der Waals surface area (Å²) in [6, 6.07) is 10.3. The van der Waals surface area contributed by atoms with Gasteiger partial charge in [0, 0.05) is 24.2 Å². The molecule has 0 atom stereocenters. The first kappa shape index (κ1) is 19.7. The van der Waals surface area contributed by atoms with Gasteiger partial charge >= 0.3 is 5.97 Å². The summed E-state index contributed by atoms with van der Waals surface area (Å²) in [5.74, 6) is -2.62. The number of nitro groups is 1. The number of carbonyl (C=O) groups is 3. The average molecular weight is 374 g/mol. The van der Waals surface area contributed by atoms with Gasteiger partial charge in [0.15, 0.2) is 6.61 Å². The Kier molecular flexibility index (Phi) is 6.70. The van der Waals surface area contributed by atoms with Crippen LogP contribution in [-0.2, 0) is 9.53 Å². The molecule has 0 aromatic heterocycles. The van der Waals surface area contributed by atoms with Crippen LogP contribution >= 0.6 is 0 Å². The van der Waals surface area contributed by atoms with Crippen LogP contribution in [0.15, 0.2) is 48.5 Å². The molecule has 0 aliphatic rings. The molecule has 0 unspecified atom stereocenters. The molecule has 27 heavy (non-hydrogen) atoms. The molecule has 0 saturated heterocycles. The minimum atomic E-state index is -0.733. The highest BCUT2D eigenvalue weighted by Gasteiger charge is 2.14. The minimum Gasteiger partial charge on any atom is -0.457 e. The number of hydrogen-bond donors (Lipinski definition) is 1. The summed E-state index contributed by atoms with van der Waals surface area (Å²) in [5, 5.41) is 13.0. The van der Waals surface area contributed by atoms with Gasteiger partial charge in [0.1, 0.15) is 5.82 Å². The second-order valence-electron chi connectivity index (χ2n) is 5.37. The van der Waals surface area contributed by atoms with Gasteiger partial charge in [-0.3, -0.25) is 24.5 Å². The predicted octanol–water partition coefficient (Wildman–Crippen LogP) is 2.28. The number of nitrogens with zero attached hydrogens (tertiary/aromatic N) is 1. The van der Waals surface area contributed by atoms with E-state index in [1.165, 1.54) is 42.5 Å². The van der Waals surface area contributed by atoms with E-state index in [2.05, 4.69) is 5.32 Å². The van der Waals surface area contributed by atoms with Crippen LogP contribution in [0.5, 0.6) is 0 Å². The van der Waals surface area contributed by atoms with Crippen molar-refractivity contribution in [1.29, 1.82) is 0 Å². The number of hydrogen-bond acceptors (Lipinski definition) is 6. The third kappa shape index (κ3) is 5.70. The first-order valence-electron chi connectivity index (χ1n) is 7.84. The maximum atomic E-state index is 13.4. The van der Waals surface area contributed by atoms with E-state index < -0.39 is 35.0 Å². The van der Waals surface area contributed by atoms with Crippen LogP contribution in [0.2, 0.25) is 0 Å². The summed E-state index contributed by atoms with van der Waals surface area (Å²) in [6.45, 7) is -0.654. The number of nitro benzene ring substituents is 1. The number of benzene rings is 2. The lowest BCUT2D eigenvalue weighted by atomic mass is 10.1. The van der Waals surface area contributed by atoms with Gasteiger partial charge in [-0.2, -0.15) is 0 Å². The quantitative estimate of drug-likeness (QED) is 0.328. The largest absolute Gasteiger partial charge is 0.457 e. The highest BCUT2D eigenvalue weighted by atomic mass is 19.1. The zero-order chi connectivity index (χ0) is 19.8. The zero-order valence-electron chi connectivity index (χ0n) is 14.0. The van der Waals surface area contributed by atoms with Crippen LogP contribution in [0.25, 0.3) is 0 Å². The molecule has 0 radical (unpaired) electrons. The number of non-ortho nitro benzene ring substituents is 1. The van der Waals surface area contributed by atoms with Gasteiger partial charge in [0.25, 0.3) is 11.6 Å². The molecule has 8 nitrogen and oxygen atoms in total. The van der Waals surface area contributed by atoms with Crippen molar-refractivity contribution in [1.82, 2.24) is 5.32 Å². The van der Waals surface area contributed by atoms with Crippen LogP contribution in [0.1, 0.15) is 27.1 Å². The normalized spacial score (nSPS) is 10.1. The number of carbonyl (C=O) groups excluding carboxylic acids is 3. The Bertz CT molecular complexity index is 866. The molecule has 1 amide bonds. The molecule has 1 N–H and O–H groups in total. The molecule has 0 spiro atoms. The molecule has 2 rings (SSSR count). The van der Waals surface area contributed by atoms with Crippen LogP contribution in [0.3, 0.4) is 0 Å². The number of ketones is 1. The Morgan fingerprint density at radius 3 is 2.37 bits per heavy atom. The number of nitrogens with one attached hydrogen (secondary N) is 1. The fourth-order valence-corrected chi connectivity index (χ4v) is 2.10. The van der Waals surface area contributed by atoms with Crippen molar-refractivity contribution in [2.45, 2.75) is 6.42 Å². The van der Waals surface area contributed by atoms with E-state index in [0.29, 0.717) is 0 Å². The summed E-state index contributed by atoms with van der Waals surface area (Å²) in [4.78, 5) is 45.2. The Morgan fingerprint density at radius 1 is 1.07 bits per heavy atom. The SMILES string of the molecule is O=C(CCNC(=O)c1ccc([N+](=O)[O-])cc1)OCC(=O)c1ccccc1F. The number of halogens is 1. The average Bonchev–Trinajstić information content (AvgIpc) is 2.66. The molecule has 9 heteroatoms. The third-order valence-electron chi connectivity index (χ3n) is 3.49. The Labute approximate surface area is 153 Å². The van der Waals surface area contributed by atoms with E-state index in [0.717, 1.165) is 6.07 Å². The lowest BCUT2D eigenvalue weighted by Gasteiger charge is -2.06. The molecule has 140 valence electrons. The second-order valence-corrected chi connectivity index (χ2v) is 5.37. The van der Waals surface area contributed by atoms with Crippen molar-refractivity contribution in [3.05, 3.63) is 75.6 Å². The molecular formula is C18H15FN2O6. The number of Topliss-reactive ketones (excluding diaryl/α,β-unsaturated/α-hetero) is 1. The van der Waals surface area contributed by atoms with Gasteiger partial charge in [-0.25, -0.2) is 4.39 Å². The maximum Gasteiger partial charge on any atom is 0.308 e. The fourth-order valence-electron chi connectivity index (χ4n) is 2.10. The topological polar surface area (TPSA) is 116 Å². The van der Waals surface area contributed by atoms with Crippen LogP contribution in [0.4, 0.5) is 10.1 Å². The first-order valence-corrected chi connectivity index (χ1v) is 7.84. The molecule has 0 bridgehead atoms. The van der Waals surface area contributed by atoms with Crippen LogP contribution in [0, 0.1) is 15.9 Å². The van der Waals surface area contributed by atoms with Gasteiger partial charge in [-0.15, -0.1) is 0 Å². The standard InChI is InChI=1S/C18H15FN2O6/c19-15-4-2-1-3-14(15)16(22)11-27-17(23)9-10-20-18(24)12-5-7-13(8-6-12)21(25)26/h1-8H,9-11H2,(H,20,24). The van der Waals surface area contributed by atoms with Crippen molar-refractivity contribution in [2.24, 2.45) is 0 Å². The number of rotatable bonds is 8. The molecule has 0 aliphatic heterocycles. The van der Waals surface area contributed by atoms with E-state index in [1.807, 2.05) is 0 Å². The molecular weight excluding hydrogens is 359 g/mol. The van der Waals surface area contributed by atoms with E-state index in [-0.39, 0.29) is 29.8 Å². The molecule has 2 aromatic rings. The van der Waals surface area contributed by atoms with Crippen molar-refractivity contribution in [3.63, 3.8) is 0 Å². The molecule has 0 aliphatic carbocycles. The highest BCUT2D eigenvalue weighted by molar-refractivity contribution is 5.98. The number of esters is 1. The van der Waals surface area contributed by atoms with E-state index in [1.54, 1.807) is 0 Å². The summed E-state index contributed by atoms with van der Waals surface area (Å²) < 4.78 is 18.2. The van der Waals surface area contributed by atoms with Crippen LogP contribution < -0.4 is 5.32 Å². The Morgan fingerprint density at radius 2 is 1.74 bits per heavy atom. The van der Waals surface area contributed by atoms with Crippen LogP contribution in [-0.4, -0.2) is 35.7 Å². The van der Waals surface area contributed by atoms with Gasteiger partial charge in [0.2, 0.25) is 5.78 Å². The van der Waals surface area contributed by atoms with E-state index >= 15 is 0 Å². The van der Waals surface area contributed by atoms with Gasteiger partial charge in [-0.1, -0.05) is 12.1 Å². The highest BCUT2D eigenvalue weighted by Crippen LogP contribution is 2.11. The lowest BCUT2D eigenvalue weighted by Crippen LogP contribution is -2.27. The smallest absolute Gasteiger partial charge is 0.308 e. The van der Waals surface area contributed by atoms with Crippen molar-refractivity contribution >= 4 is 23.3 Å². The van der Waals surface area contributed by atoms with Crippen molar-refractivity contribution in [2.75, 3.05) is 13.2 Å². The Hall–Kier alpha value is -3.62. The maximum absolute atomic E-state index is 13.4. The summed E-state index contributed by atoms with van der Waals surface area (Å²) in [6.07, 6.45) is -0.191. The summed E-state index contributed by atoms with van der Waals surface area (Å²) in [7, 11) is 0.